The predicted molar refractivity (Wildman–Crippen MR) is 94.2 cm³/mol. The number of carbonyl (C=O) groups is 3. The number of hydrogen-bond donors (Lipinski definition) is 1. The Morgan fingerprint density at radius 1 is 0.880 bits per heavy atom. The molecule has 5 heteroatoms. The first-order chi connectivity index (χ1) is 12.2. The largest absolute Gasteiger partial charge is 0.356 e. The summed E-state index contributed by atoms with van der Waals surface area (Å²) in [4.78, 5) is 37.5. The number of nitrogens with zero attached hydrogens (tertiary/aromatic N) is 1. The summed E-state index contributed by atoms with van der Waals surface area (Å²) in [7, 11) is 0. The first-order valence-electron chi connectivity index (χ1n) is 8.42. The van der Waals surface area contributed by atoms with E-state index in [-0.39, 0.29) is 30.7 Å². The number of imide groups is 1. The van der Waals surface area contributed by atoms with E-state index in [4.69, 9.17) is 0 Å². The molecule has 0 radical (unpaired) electrons. The third kappa shape index (κ3) is 3.94. The highest BCUT2D eigenvalue weighted by atomic mass is 16.2. The zero-order valence-corrected chi connectivity index (χ0v) is 13.9. The summed E-state index contributed by atoms with van der Waals surface area (Å²) in [6.45, 7) is 0.687. The SMILES string of the molecule is O=C(CCN1C(=O)c2ccccc2C1=O)NCCCc1ccccc1. The standard InChI is InChI=1S/C20H20N2O3/c23-18(21-13-6-9-15-7-2-1-3-8-15)12-14-22-19(24)16-10-4-5-11-17(16)20(22)25/h1-5,7-8,10-11H,6,9,12-14H2,(H,21,23). The van der Waals surface area contributed by atoms with Crippen LogP contribution in [0.2, 0.25) is 0 Å². The van der Waals surface area contributed by atoms with Gasteiger partial charge in [0.1, 0.15) is 0 Å². The average molecular weight is 336 g/mol. The molecule has 0 fully saturated rings. The summed E-state index contributed by atoms with van der Waals surface area (Å²) < 4.78 is 0. The Morgan fingerprint density at radius 3 is 2.12 bits per heavy atom. The summed E-state index contributed by atoms with van der Waals surface area (Å²) in [6.07, 6.45) is 1.87. The Bertz CT molecular complexity index is 752. The molecule has 1 aliphatic rings. The van der Waals surface area contributed by atoms with Crippen molar-refractivity contribution < 1.29 is 14.4 Å². The van der Waals surface area contributed by atoms with Crippen molar-refractivity contribution in [1.82, 2.24) is 10.2 Å². The van der Waals surface area contributed by atoms with Crippen LogP contribution in [0.4, 0.5) is 0 Å². The quantitative estimate of drug-likeness (QED) is 0.624. The zero-order chi connectivity index (χ0) is 17.6. The van der Waals surface area contributed by atoms with Crippen molar-refractivity contribution in [2.24, 2.45) is 0 Å². The van der Waals surface area contributed by atoms with E-state index in [9.17, 15) is 14.4 Å². The number of rotatable bonds is 7. The molecule has 1 heterocycles. The van der Waals surface area contributed by atoms with Gasteiger partial charge in [-0.15, -0.1) is 0 Å². The minimum absolute atomic E-state index is 0.108. The molecule has 25 heavy (non-hydrogen) atoms. The lowest BCUT2D eigenvalue weighted by Crippen LogP contribution is -2.34. The van der Waals surface area contributed by atoms with Crippen LogP contribution in [0.1, 0.15) is 39.1 Å². The molecule has 2 aromatic rings. The molecule has 0 bridgehead atoms. The van der Waals surface area contributed by atoms with Crippen LogP contribution in [0.5, 0.6) is 0 Å². The van der Waals surface area contributed by atoms with Gasteiger partial charge in [0, 0.05) is 19.5 Å². The van der Waals surface area contributed by atoms with Crippen LogP contribution in [-0.4, -0.2) is 35.7 Å². The molecular weight excluding hydrogens is 316 g/mol. The predicted octanol–water partition coefficient (Wildman–Crippen LogP) is 2.42. The molecule has 0 saturated carbocycles. The van der Waals surface area contributed by atoms with E-state index >= 15 is 0 Å². The minimum Gasteiger partial charge on any atom is -0.356 e. The van der Waals surface area contributed by atoms with E-state index in [1.807, 2.05) is 18.2 Å². The van der Waals surface area contributed by atoms with E-state index in [1.165, 1.54) is 5.56 Å². The van der Waals surface area contributed by atoms with E-state index in [2.05, 4.69) is 17.4 Å². The van der Waals surface area contributed by atoms with Crippen molar-refractivity contribution in [3.63, 3.8) is 0 Å². The third-order valence-corrected chi connectivity index (χ3v) is 4.25. The molecule has 0 spiro atoms. The van der Waals surface area contributed by atoms with Crippen molar-refractivity contribution in [3.05, 3.63) is 71.3 Å². The number of benzene rings is 2. The van der Waals surface area contributed by atoms with Gasteiger partial charge in [0.2, 0.25) is 5.91 Å². The number of amides is 3. The smallest absolute Gasteiger partial charge is 0.261 e. The average Bonchev–Trinajstić information content (AvgIpc) is 2.89. The Morgan fingerprint density at radius 2 is 1.48 bits per heavy atom. The summed E-state index contributed by atoms with van der Waals surface area (Å²) in [6, 6.07) is 16.8. The second-order valence-electron chi connectivity index (χ2n) is 6.00. The maximum Gasteiger partial charge on any atom is 0.261 e. The molecule has 3 amide bonds. The fourth-order valence-corrected chi connectivity index (χ4v) is 2.91. The van der Waals surface area contributed by atoms with Gasteiger partial charge in [-0.1, -0.05) is 42.5 Å². The molecule has 128 valence electrons. The molecular formula is C20H20N2O3. The Kier molecular flexibility index (Phi) is 5.23. The molecule has 0 saturated heterocycles. The summed E-state index contributed by atoms with van der Waals surface area (Å²) in [5.74, 6) is -0.792. The molecule has 2 aromatic carbocycles. The second-order valence-corrected chi connectivity index (χ2v) is 6.00. The molecule has 1 N–H and O–H groups in total. The molecule has 0 atom stereocenters. The molecule has 3 rings (SSSR count). The van der Waals surface area contributed by atoms with Gasteiger partial charge < -0.3 is 5.32 Å². The lowest BCUT2D eigenvalue weighted by molar-refractivity contribution is -0.121. The van der Waals surface area contributed by atoms with Crippen molar-refractivity contribution in [1.29, 1.82) is 0 Å². The van der Waals surface area contributed by atoms with E-state index in [0.717, 1.165) is 17.7 Å². The van der Waals surface area contributed by atoms with Gasteiger partial charge in [-0.2, -0.15) is 0 Å². The monoisotopic (exact) mass is 336 g/mol. The van der Waals surface area contributed by atoms with Crippen LogP contribution in [0.25, 0.3) is 0 Å². The van der Waals surface area contributed by atoms with E-state index < -0.39 is 0 Å². The van der Waals surface area contributed by atoms with Crippen molar-refractivity contribution in [2.45, 2.75) is 19.3 Å². The first-order valence-corrected chi connectivity index (χ1v) is 8.42. The van der Waals surface area contributed by atoms with Crippen LogP contribution in [0.3, 0.4) is 0 Å². The Labute approximate surface area is 146 Å². The third-order valence-electron chi connectivity index (χ3n) is 4.25. The second kappa shape index (κ2) is 7.75. The number of fused-ring (bicyclic) bond motifs is 1. The lowest BCUT2D eigenvalue weighted by Gasteiger charge is -2.13. The van der Waals surface area contributed by atoms with Crippen LogP contribution < -0.4 is 5.32 Å². The van der Waals surface area contributed by atoms with Crippen molar-refractivity contribution in [2.75, 3.05) is 13.1 Å². The number of nitrogens with one attached hydrogen (secondary N) is 1. The van der Waals surface area contributed by atoms with Gasteiger partial charge in [-0.25, -0.2) is 0 Å². The van der Waals surface area contributed by atoms with Crippen molar-refractivity contribution >= 4 is 17.7 Å². The topological polar surface area (TPSA) is 66.5 Å². The number of aryl methyl sites for hydroxylation is 1. The van der Waals surface area contributed by atoms with Crippen LogP contribution in [-0.2, 0) is 11.2 Å². The summed E-state index contributed by atoms with van der Waals surface area (Å²) in [5, 5.41) is 2.84. The Balaban J connectivity index is 1.41. The van der Waals surface area contributed by atoms with Crippen molar-refractivity contribution in [3.8, 4) is 0 Å². The summed E-state index contributed by atoms with van der Waals surface area (Å²) in [5.41, 5.74) is 2.06. The first kappa shape index (κ1) is 16.9. The van der Waals surface area contributed by atoms with Crippen LogP contribution in [0, 0.1) is 0 Å². The van der Waals surface area contributed by atoms with E-state index in [1.54, 1.807) is 24.3 Å². The highest BCUT2D eigenvalue weighted by molar-refractivity contribution is 6.21. The number of hydrogen-bond acceptors (Lipinski definition) is 3. The van der Waals surface area contributed by atoms with Gasteiger partial charge in [0.05, 0.1) is 11.1 Å². The Hall–Kier alpha value is -2.95. The van der Waals surface area contributed by atoms with Gasteiger partial charge in [0.15, 0.2) is 0 Å². The van der Waals surface area contributed by atoms with Gasteiger partial charge in [0.25, 0.3) is 11.8 Å². The van der Waals surface area contributed by atoms with Crippen LogP contribution >= 0.6 is 0 Å². The highest BCUT2D eigenvalue weighted by Gasteiger charge is 2.34. The molecule has 1 aliphatic heterocycles. The lowest BCUT2D eigenvalue weighted by atomic mass is 10.1. The maximum atomic E-state index is 12.2. The zero-order valence-electron chi connectivity index (χ0n) is 13.9. The molecule has 5 nitrogen and oxygen atoms in total. The van der Waals surface area contributed by atoms with Crippen LogP contribution in [0.15, 0.2) is 54.6 Å². The number of carbonyl (C=O) groups excluding carboxylic acids is 3. The molecule has 0 aromatic heterocycles. The fraction of sp³-hybridized carbons (Fsp3) is 0.250. The highest BCUT2D eigenvalue weighted by Crippen LogP contribution is 2.22. The van der Waals surface area contributed by atoms with Gasteiger partial charge in [-0.05, 0) is 30.5 Å². The van der Waals surface area contributed by atoms with Gasteiger partial charge in [-0.3, -0.25) is 19.3 Å². The molecule has 0 aliphatic carbocycles. The van der Waals surface area contributed by atoms with E-state index in [0.29, 0.717) is 17.7 Å². The minimum atomic E-state index is -0.322. The summed E-state index contributed by atoms with van der Waals surface area (Å²) >= 11 is 0. The molecule has 0 unspecified atom stereocenters. The van der Waals surface area contributed by atoms with Gasteiger partial charge >= 0.3 is 0 Å². The maximum absolute atomic E-state index is 12.2. The fourth-order valence-electron chi connectivity index (χ4n) is 2.91. The normalized spacial score (nSPS) is 13.0.